The van der Waals surface area contributed by atoms with Gasteiger partial charge in [-0.15, -0.1) is 0 Å². The van der Waals surface area contributed by atoms with Gasteiger partial charge in [0, 0.05) is 13.2 Å². The summed E-state index contributed by atoms with van der Waals surface area (Å²) >= 11 is 3.10. The average molecular weight is 465 g/mol. The van der Waals surface area contributed by atoms with Crippen LogP contribution >= 0.6 is 15.9 Å². The highest BCUT2D eigenvalue weighted by Gasteiger charge is 2.25. The Bertz CT molecular complexity index is 968. The SMILES string of the molecule is CN(Cc1cc(Br)n(S(=O)(=O)c2cc(F)ccc2F)c1)C(=O)OC(C)(C)C. The zero-order chi connectivity index (χ0) is 20.6. The molecule has 1 aromatic carbocycles. The van der Waals surface area contributed by atoms with E-state index in [0.29, 0.717) is 11.6 Å². The number of carbonyl (C=O) groups excluding carboxylic acids is 1. The van der Waals surface area contributed by atoms with E-state index in [2.05, 4.69) is 15.9 Å². The van der Waals surface area contributed by atoms with Crippen LogP contribution < -0.4 is 0 Å². The minimum atomic E-state index is -4.37. The summed E-state index contributed by atoms with van der Waals surface area (Å²) < 4.78 is 58.8. The second-order valence-corrected chi connectivity index (χ2v) is 9.48. The predicted octanol–water partition coefficient (Wildman–Crippen LogP) is 4.13. The Morgan fingerprint density at radius 1 is 1.26 bits per heavy atom. The van der Waals surface area contributed by atoms with Crippen LogP contribution in [0.2, 0.25) is 0 Å². The molecule has 2 aromatic rings. The lowest BCUT2D eigenvalue weighted by Crippen LogP contribution is -2.33. The Morgan fingerprint density at radius 3 is 2.48 bits per heavy atom. The highest BCUT2D eigenvalue weighted by atomic mass is 79.9. The zero-order valence-electron chi connectivity index (χ0n) is 15.2. The van der Waals surface area contributed by atoms with Gasteiger partial charge in [-0.05, 0) is 66.5 Å². The molecule has 0 fully saturated rings. The van der Waals surface area contributed by atoms with Crippen molar-refractivity contribution in [3.05, 3.63) is 52.3 Å². The number of carbonyl (C=O) groups is 1. The van der Waals surface area contributed by atoms with Crippen LogP contribution in [-0.2, 0) is 21.3 Å². The van der Waals surface area contributed by atoms with Crippen LogP contribution in [0.4, 0.5) is 13.6 Å². The van der Waals surface area contributed by atoms with E-state index in [0.717, 1.165) is 16.1 Å². The molecular formula is C17H19BrF2N2O4S. The third kappa shape index (κ3) is 5.07. The van der Waals surface area contributed by atoms with Gasteiger partial charge in [0.05, 0.1) is 6.54 Å². The third-order valence-corrected chi connectivity index (χ3v) is 5.89. The molecule has 0 saturated carbocycles. The normalized spacial score (nSPS) is 12.1. The number of amides is 1. The predicted molar refractivity (Wildman–Crippen MR) is 98.8 cm³/mol. The number of halogens is 3. The largest absolute Gasteiger partial charge is 0.444 e. The molecule has 0 aliphatic rings. The second-order valence-electron chi connectivity index (χ2n) is 6.88. The minimum absolute atomic E-state index is 0.0572. The summed E-state index contributed by atoms with van der Waals surface area (Å²) in [6.45, 7) is 5.24. The fourth-order valence-corrected chi connectivity index (χ4v) is 4.51. The first-order valence-corrected chi connectivity index (χ1v) is 10.1. The van der Waals surface area contributed by atoms with Gasteiger partial charge in [-0.2, -0.15) is 0 Å². The van der Waals surface area contributed by atoms with Crippen molar-refractivity contribution in [3.63, 3.8) is 0 Å². The van der Waals surface area contributed by atoms with Crippen LogP contribution in [0.15, 0.2) is 40.0 Å². The number of hydrogen-bond donors (Lipinski definition) is 0. The monoisotopic (exact) mass is 464 g/mol. The summed E-state index contributed by atoms with van der Waals surface area (Å²) in [5.74, 6) is -1.94. The van der Waals surface area contributed by atoms with E-state index in [9.17, 15) is 22.0 Å². The van der Waals surface area contributed by atoms with Gasteiger partial charge in [0.2, 0.25) is 0 Å². The van der Waals surface area contributed by atoms with Crippen molar-refractivity contribution in [2.24, 2.45) is 0 Å². The first-order chi connectivity index (χ1) is 12.3. The molecule has 0 spiro atoms. The first-order valence-electron chi connectivity index (χ1n) is 7.83. The molecule has 1 aromatic heterocycles. The zero-order valence-corrected chi connectivity index (χ0v) is 17.6. The van der Waals surface area contributed by atoms with Crippen molar-refractivity contribution in [2.75, 3.05) is 7.05 Å². The molecule has 0 bridgehead atoms. The first kappa shape index (κ1) is 21.4. The van der Waals surface area contributed by atoms with E-state index in [4.69, 9.17) is 4.74 Å². The van der Waals surface area contributed by atoms with E-state index in [1.807, 2.05) is 0 Å². The Hall–Kier alpha value is -1.94. The fraction of sp³-hybridized carbons (Fsp3) is 0.353. The highest BCUT2D eigenvalue weighted by Crippen LogP contribution is 2.25. The third-order valence-electron chi connectivity index (χ3n) is 3.35. The molecule has 1 amide bonds. The van der Waals surface area contributed by atoms with Crippen LogP contribution in [0.3, 0.4) is 0 Å². The lowest BCUT2D eigenvalue weighted by atomic mass is 10.2. The number of ether oxygens (including phenoxy) is 1. The molecule has 0 N–H and O–H groups in total. The molecule has 0 aliphatic carbocycles. The molecular weight excluding hydrogens is 446 g/mol. The molecule has 0 atom stereocenters. The molecule has 10 heteroatoms. The minimum Gasteiger partial charge on any atom is -0.444 e. The van der Waals surface area contributed by atoms with Crippen molar-refractivity contribution >= 4 is 32.0 Å². The number of aromatic nitrogens is 1. The van der Waals surface area contributed by atoms with Crippen LogP contribution in [0.5, 0.6) is 0 Å². The quantitative estimate of drug-likeness (QED) is 0.681. The molecule has 0 saturated heterocycles. The van der Waals surface area contributed by atoms with Gasteiger partial charge in [0.15, 0.2) is 0 Å². The van der Waals surface area contributed by atoms with Gasteiger partial charge in [-0.1, -0.05) is 0 Å². The average Bonchev–Trinajstić information content (AvgIpc) is 2.89. The topological polar surface area (TPSA) is 68.6 Å². The fourth-order valence-electron chi connectivity index (χ4n) is 2.20. The number of hydrogen-bond acceptors (Lipinski definition) is 4. The molecule has 6 nitrogen and oxygen atoms in total. The Kier molecular flexibility index (Phi) is 6.00. The van der Waals surface area contributed by atoms with Gasteiger partial charge in [-0.3, -0.25) is 0 Å². The second kappa shape index (κ2) is 7.59. The van der Waals surface area contributed by atoms with E-state index in [1.54, 1.807) is 20.8 Å². The summed E-state index contributed by atoms with van der Waals surface area (Å²) in [5.41, 5.74) is -0.216. The lowest BCUT2D eigenvalue weighted by Gasteiger charge is -2.24. The maximum Gasteiger partial charge on any atom is 0.410 e. The van der Waals surface area contributed by atoms with Gasteiger partial charge in [0.1, 0.15) is 26.7 Å². The molecule has 0 unspecified atom stereocenters. The molecule has 27 heavy (non-hydrogen) atoms. The standard InChI is InChI=1S/C17H19BrF2N2O4S/c1-17(2,3)26-16(23)21(4)9-11-7-15(18)22(10-11)27(24,25)14-8-12(19)5-6-13(14)20/h5-8,10H,9H2,1-4H3. The van der Waals surface area contributed by atoms with E-state index in [1.165, 1.54) is 24.2 Å². The van der Waals surface area contributed by atoms with Crippen LogP contribution in [0.1, 0.15) is 26.3 Å². The summed E-state index contributed by atoms with van der Waals surface area (Å²) in [4.78, 5) is 12.5. The Morgan fingerprint density at radius 2 is 1.89 bits per heavy atom. The summed E-state index contributed by atoms with van der Waals surface area (Å²) in [6.07, 6.45) is 0.648. The number of rotatable bonds is 4. The van der Waals surface area contributed by atoms with Crippen LogP contribution in [0, 0.1) is 11.6 Å². The van der Waals surface area contributed by atoms with Gasteiger partial charge in [-0.25, -0.2) is 26.0 Å². The maximum absolute atomic E-state index is 13.9. The molecule has 0 radical (unpaired) electrons. The van der Waals surface area contributed by atoms with Crippen molar-refractivity contribution in [1.82, 2.24) is 8.87 Å². The van der Waals surface area contributed by atoms with Crippen LogP contribution in [-0.4, -0.2) is 36.0 Å². The van der Waals surface area contributed by atoms with E-state index in [-0.39, 0.29) is 11.1 Å². The molecule has 148 valence electrons. The van der Waals surface area contributed by atoms with E-state index < -0.39 is 38.2 Å². The number of benzene rings is 1. The highest BCUT2D eigenvalue weighted by molar-refractivity contribution is 9.10. The van der Waals surface area contributed by atoms with Crippen molar-refractivity contribution < 1.29 is 26.7 Å². The van der Waals surface area contributed by atoms with Gasteiger partial charge < -0.3 is 9.64 Å². The number of nitrogens with zero attached hydrogens (tertiary/aromatic N) is 2. The Labute approximate surface area is 164 Å². The Balaban J connectivity index is 2.31. The van der Waals surface area contributed by atoms with Crippen molar-refractivity contribution in [3.8, 4) is 0 Å². The summed E-state index contributed by atoms with van der Waals surface area (Å²) in [6, 6.07) is 3.66. The molecule has 0 aliphatic heterocycles. The molecule has 2 rings (SSSR count). The smallest absolute Gasteiger partial charge is 0.410 e. The van der Waals surface area contributed by atoms with Gasteiger partial charge >= 0.3 is 6.09 Å². The van der Waals surface area contributed by atoms with Crippen molar-refractivity contribution in [2.45, 2.75) is 37.8 Å². The van der Waals surface area contributed by atoms with Gasteiger partial charge in [0.25, 0.3) is 10.0 Å². The summed E-state index contributed by atoms with van der Waals surface area (Å²) in [7, 11) is -2.87. The van der Waals surface area contributed by atoms with Crippen LogP contribution in [0.25, 0.3) is 0 Å². The molecule has 1 heterocycles. The summed E-state index contributed by atoms with van der Waals surface area (Å²) in [5, 5.41) is 0. The maximum atomic E-state index is 13.9. The van der Waals surface area contributed by atoms with E-state index >= 15 is 0 Å². The van der Waals surface area contributed by atoms with Crippen molar-refractivity contribution in [1.29, 1.82) is 0 Å². The lowest BCUT2D eigenvalue weighted by molar-refractivity contribution is 0.0285.